The van der Waals surface area contributed by atoms with Gasteiger partial charge in [0.15, 0.2) is 0 Å². The van der Waals surface area contributed by atoms with Crippen LogP contribution in [0.15, 0.2) is 53.4 Å². The molecule has 2 aromatic rings. The number of halogens is 3. The first-order valence-electron chi connectivity index (χ1n) is 6.80. The fourth-order valence-corrected chi connectivity index (χ4v) is 3.24. The Bertz CT molecular complexity index is 784. The van der Waals surface area contributed by atoms with E-state index in [2.05, 4.69) is 0 Å². The SMILES string of the molecule is Cc1ccc(S(=O)(=O)N(C)Cc2cccc(C(F)(F)F)c2)cc1. The topological polar surface area (TPSA) is 37.4 Å². The molecule has 0 amide bonds. The smallest absolute Gasteiger partial charge is 0.207 e. The molecule has 0 spiro atoms. The number of alkyl halides is 3. The van der Waals surface area contributed by atoms with Gasteiger partial charge in [0.05, 0.1) is 10.5 Å². The molecule has 0 unspecified atom stereocenters. The van der Waals surface area contributed by atoms with Crippen LogP contribution >= 0.6 is 0 Å². The number of benzene rings is 2. The number of sulfonamides is 1. The van der Waals surface area contributed by atoms with E-state index in [9.17, 15) is 21.6 Å². The molecule has 2 rings (SSSR count). The molecule has 0 saturated heterocycles. The number of rotatable bonds is 4. The molecular weight excluding hydrogens is 327 g/mol. The predicted molar refractivity (Wildman–Crippen MR) is 81.3 cm³/mol. The van der Waals surface area contributed by atoms with E-state index in [4.69, 9.17) is 0 Å². The van der Waals surface area contributed by atoms with Crippen LogP contribution in [0.2, 0.25) is 0 Å². The van der Waals surface area contributed by atoms with Gasteiger partial charge < -0.3 is 0 Å². The summed E-state index contributed by atoms with van der Waals surface area (Å²) in [5.74, 6) is 0. The van der Waals surface area contributed by atoms with Crippen LogP contribution in [0.5, 0.6) is 0 Å². The number of aryl methyl sites for hydroxylation is 1. The Morgan fingerprint density at radius 1 is 1.04 bits per heavy atom. The molecule has 7 heteroatoms. The van der Waals surface area contributed by atoms with E-state index in [1.54, 1.807) is 12.1 Å². The highest BCUT2D eigenvalue weighted by Gasteiger charge is 2.30. The van der Waals surface area contributed by atoms with Gasteiger partial charge in [0, 0.05) is 13.6 Å². The normalized spacial score (nSPS) is 12.6. The standard InChI is InChI=1S/C16H16F3NO2S/c1-12-6-8-15(9-7-12)23(21,22)20(2)11-13-4-3-5-14(10-13)16(17,18)19/h3-10H,11H2,1-2H3. The third kappa shape index (κ3) is 4.11. The lowest BCUT2D eigenvalue weighted by Gasteiger charge is -2.18. The molecule has 0 aromatic heterocycles. The van der Waals surface area contributed by atoms with Crippen molar-refractivity contribution in [3.63, 3.8) is 0 Å². The monoisotopic (exact) mass is 343 g/mol. The van der Waals surface area contributed by atoms with Crippen molar-refractivity contribution in [1.29, 1.82) is 0 Å². The van der Waals surface area contributed by atoms with E-state index in [0.717, 1.165) is 22.0 Å². The molecule has 3 nitrogen and oxygen atoms in total. The lowest BCUT2D eigenvalue weighted by atomic mass is 10.1. The van der Waals surface area contributed by atoms with E-state index >= 15 is 0 Å². The zero-order valence-electron chi connectivity index (χ0n) is 12.6. The van der Waals surface area contributed by atoms with E-state index in [1.165, 1.54) is 31.3 Å². The zero-order valence-corrected chi connectivity index (χ0v) is 13.4. The molecule has 0 aliphatic carbocycles. The molecular formula is C16H16F3NO2S. The molecule has 2 aromatic carbocycles. The van der Waals surface area contributed by atoms with Crippen LogP contribution in [-0.2, 0) is 22.7 Å². The molecule has 0 radical (unpaired) electrons. The first-order chi connectivity index (χ1) is 10.6. The second kappa shape index (κ2) is 6.33. The lowest BCUT2D eigenvalue weighted by molar-refractivity contribution is -0.137. The minimum absolute atomic E-state index is 0.109. The summed E-state index contributed by atoms with van der Waals surface area (Å²) in [6.07, 6.45) is -4.45. The second-order valence-corrected chi connectivity index (χ2v) is 7.32. The van der Waals surface area contributed by atoms with Crippen LogP contribution in [0, 0.1) is 6.92 Å². The van der Waals surface area contributed by atoms with E-state index < -0.39 is 21.8 Å². The van der Waals surface area contributed by atoms with Crippen molar-refractivity contribution in [2.45, 2.75) is 24.5 Å². The Balaban J connectivity index is 2.24. The average molecular weight is 343 g/mol. The summed E-state index contributed by atoms with van der Waals surface area (Å²) in [7, 11) is -2.41. The Labute approximate surface area is 133 Å². The molecule has 23 heavy (non-hydrogen) atoms. The quantitative estimate of drug-likeness (QED) is 0.846. The van der Waals surface area contributed by atoms with Gasteiger partial charge in [-0.05, 0) is 30.7 Å². The number of hydrogen-bond donors (Lipinski definition) is 0. The van der Waals surface area contributed by atoms with Gasteiger partial charge >= 0.3 is 6.18 Å². The molecule has 0 aliphatic heterocycles. The van der Waals surface area contributed by atoms with Crippen molar-refractivity contribution < 1.29 is 21.6 Å². The minimum Gasteiger partial charge on any atom is -0.207 e. The van der Waals surface area contributed by atoms with Crippen molar-refractivity contribution in [2.75, 3.05) is 7.05 Å². The second-order valence-electron chi connectivity index (χ2n) is 5.27. The summed E-state index contributed by atoms with van der Waals surface area (Å²) in [5.41, 5.74) is 0.402. The lowest BCUT2D eigenvalue weighted by Crippen LogP contribution is -2.26. The maximum absolute atomic E-state index is 12.7. The first-order valence-corrected chi connectivity index (χ1v) is 8.24. The van der Waals surface area contributed by atoms with Crippen LogP contribution in [0.25, 0.3) is 0 Å². The summed E-state index contributed by atoms with van der Waals surface area (Å²) in [6.45, 7) is 1.70. The highest BCUT2D eigenvalue weighted by Crippen LogP contribution is 2.30. The Kier molecular flexibility index (Phi) is 4.81. The van der Waals surface area contributed by atoms with Gasteiger partial charge in [-0.15, -0.1) is 0 Å². The van der Waals surface area contributed by atoms with Gasteiger partial charge in [-0.1, -0.05) is 35.9 Å². The minimum atomic E-state index is -4.45. The van der Waals surface area contributed by atoms with Gasteiger partial charge in [0.1, 0.15) is 0 Å². The van der Waals surface area contributed by atoms with Crippen molar-refractivity contribution in [1.82, 2.24) is 4.31 Å². The third-order valence-electron chi connectivity index (χ3n) is 3.39. The predicted octanol–water partition coefficient (Wildman–Crippen LogP) is 3.83. The summed E-state index contributed by atoms with van der Waals surface area (Å²) < 4.78 is 64.0. The van der Waals surface area contributed by atoms with Crippen molar-refractivity contribution >= 4 is 10.0 Å². The fourth-order valence-electron chi connectivity index (χ4n) is 2.08. The third-order valence-corrected chi connectivity index (χ3v) is 5.21. The molecule has 0 bridgehead atoms. The average Bonchev–Trinajstić information content (AvgIpc) is 2.47. The summed E-state index contributed by atoms with van der Waals surface area (Å²) in [4.78, 5) is 0.109. The number of nitrogens with zero attached hydrogens (tertiary/aromatic N) is 1. The molecule has 0 aliphatic rings. The highest BCUT2D eigenvalue weighted by molar-refractivity contribution is 7.89. The van der Waals surface area contributed by atoms with Crippen molar-refractivity contribution in [3.05, 3.63) is 65.2 Å². The molecule has 0 N–H and O–H groups in total. The van der Waals surface area contributed by atoms with E-state index in [1.807, 2.05) is 6.92 Å². The maximum atomic E-state index is 12.7. The summed E-state index contributed by atoms with van der Waals surface area (Å²) in [5, 5.41) is 0. The van der Waals surface area contributed by atoms with Gasteiger partial charge in [-0.3, -0.25) is 0 Å². The fraction of sp³-hybridized carbons (Fsp3) is 0.250. The Morgan fingerprint density at radius 2 is 1.65 bits per heavy atom. The van der Waals surface area contributed by atoms with E-state index in [-0.39, 0.29) is 17.0 Å². The summed E-state index contributed by atoms with van der Waals surface area (Å²) in [6, 6.07) is 11.0. The first kappa shape index (κ1) is 17.5. The molecule has 0 saturated carbocycles. The molecule has 0 fully saturated rings. The number of hydrogen-bond acceptors (Lipinski definition) is 2. The Hall–Kier alpha value is -1.86. The largest absolute Gasteiger partial charge is 0.416 e. The van der Waals surface area contributed by atoms with Crippen LogP contribution < -0.4 is 0 Å². The zero-order chi connectivity index (χ0) is 17.3. The van der Waals surface area contributed by atoms with Crippen molar-refractivity contribution in [2.24, 2.45) is 0 Å². The van der Waals surface area contributed by atoms with Gasteiger partial charge in [-0.25, -0.2) is 8.42 Å². The Morgan fingerprint density at radius 3 is 2.22 bits per heavy atom. The van der Waals surface area contributed by atoms with Crippen LogP contribution in [0.3, 0.4) is 0 Å². The maximum Gasteiger partial charge on any atom is 0.416 e. The van der Waals surface area contributed by atoms with Crippen molar-refractivity contribution in [3.8, 4) is 0 Å². The molecule has 0 heterocycles. The van der Waals surface area contributed by atoms with E-state index in [0.29, 0.717) is 0 Å². The summed E-state index contributed by atoms with van der Waals surface area (Å²) >= 11 is 0. The highest BCUT2D eigenvalue weighted by atomic mass is 32.2. The van der Waals surface area contributed by atoms with Crippen LogP contribution in [-0.4, -0.2) is 19.8 Å². The van der Waals surface area contributed by atoms with Crippen LogP contribution in [0.4, 0.5) is 13.2 Å². The van der Waals surface area contributed by atoms with Gasteiger partial charge in [0.25, 0.3) is 0 Å². The van der Waals surface area contributed by atoms with Gasteiger partial charge in [0.2, 0.25) is 10.0 Å². The van der Waals surface area contributed by atoms with Gasteiger partial charge in [-0.2, -0.15) is 17.5 Å². The molecule has 0 atom stereocenters. The molecule has 124 valence electrons. The van der Waals surface area contributed by atoms with Crippen LogP contribution in [0.1, 0.15) is 16.7 Å².